The molecule has 4 N–H and O–H groups in total. The molecule has 8 aliphatic rings. The monoisotopic (exact) mass is 2020 g/mol. The van der Waals surface area contributed by atoms with Crippen molar-refractivity contribution < 1.29 is 74.9 Å². The number of nitrogens with zero attached hydrogens (tertiary/aromatic N) is 6. The summed E-state index contributed by atoms with van der Waals surface area (Å²) in [6.07, 6.45) is 13.5. The third-order valence-electron chi connectivity index (χ3n) is 26.4. The number of allylic oxidation sites excluding steroid dienone is 12. The fourth-order valence-corrected chi connectivity index (χ4v) is 38.8. The second-order valence-corrected chi connectivity index (χ2v) is 55.8. The van der Waals surface area contributed by atoms with E-state index in [0.717, 1.165) is 126 Å². The normalized spacial score (nSPS) is 18.8. The van der Waals surface area contributed by atoms with Crippen molar-refractivity contribution in [2.75, 3.05) is 107 Å². The van der Waals surface area contributed by atoms with Crippen LogP contribution >= 0.6 is 55.3 Å². The van der Waals surface area contributed by atoms with Crippen LogP contribution in [-0.4, -0.2) is 149 Å². The molecule has 5 aliphatic heterocycles. The molecule has 3 aromatic heterocycles. The van der Waals surface area contributed by atoms with Gasteiger partial charge in [0.05, 0.1) is 24.5 Å². The van der Waals surface area contributed by atoms with Gasteiger partial charge in [-0.2, -0.15) is 13.7 Å². The van der Waals surface area contributed by atoms with Gasteiger partial charge in [0.1, 0.15) is 19.7 Å². The molecule has 2 saturated heterocycles. The number of carbonyl (C=O) groups excluding carboxylic acids is 5. The summed E-state index contributed by atoms with van der Waals surface area (Å²) in [4.78, 5) is 77.7. The maximum absolute atomic E-state index is 14.0. The second-order valence-electron chi connectivity index (χ2n) is 36.7. The number of aliphatic hydroxyl groups is 2. The fourth-order valence-electron chi connectivity index (χ4n) is 19.4. The number of aryl methyl sites for hydroxylation is 2. The van der Waals surface area contributed by atoms with Crippen LogP contribution in [0.4, 0.5) is 28.4 Å². The number of likely N-dealkylation sites (N-methyl/N-ethyl adjacent to an activating group) is 2. The van der Waals surface area contributed by atoms with Crippen LogP contribution in [0.5, 0.6) is 0 Å². The number of amides is 2. The number of thioether (sulfide) groups is 3. The van der Waals surface area contributed by atoms with E-state index in [0.29, 0.717) is 102 Å². The number of aliphatic hydroxyl groups excluding tert-OH is 2. The Morgan fingerprint density at radius 2 is 0.877 bits per heavy atom. The van der Waals surface area contributed by atoms with E-state index in [2.05, 4.69) is 223 Å². The number of rotatable bonds is 31. The number of anilines is 5. The van der Waals surface area contributed by atoms with Gasteiger partial charge in [0.15, 0.2) is 26.4 Å². The van der Waals surface area contributed by atoms with E-state index in [-0.39, 0.29) is 77.2 Å². The zero-order valence-electron chi connectivity index (χ0n) is 80.5. The van der Waals surface area contributed by atoms with Crippen molar-refractivity contribution in [1.82, 2.24) is 0 Å². The number of ketones is 3. The van der Waals surface area contributed by atoms with E-state index in [4.69, 9.17) is 27.0 Å². The van der Waals surface area contributed by atoms with Gasteiger partial charge in [0, 0.05) is 140 Å². The summed E-state index contributed by atoms with van der Waals surface area (Å²) < 4.78 is 43.5. The van der Waals surface area contributed by atoms with Crippen molar-refractivity contribution >= 4 is 202 Å². The number of aromatic nitrogens is 3. The molecular weight excluding hydrogens is 1900 g/mol. The number of para-hydroxylation sites is 9. The third kappa shape index (κ3) is 20.2. The van der Waals surface area contributed by atoms with Crippen LogP contribution in [0.3, 0.4) is 0 Å². The molecule has 21 nitrogen and oxygen atoms in total. The third-order valence-corrected chi connectivity index (χ3v) is 46.2. The molecule has 19 rings (SSSR count). The number of hydrogen-bond donors (Lipinski definition) is 4. The SMILES string of the molecule is CCN1C(=CC2=C(SCC(=O)Nc3ccc(B4OCCCO4)cc3)C(=Cc3oc4ccccc4[n+]3CC)C2=O)C(C)(C)c2ccccc21.CCN1C(=CC2=C(SCC(=O)Nc3ccc([As]4SCCS4)cc3)C(=Cc3oc4ccccc4[n+]3CC)C2=O)C(C)(C)c2ccccc21.CCO[Si](C)(C)CCCSC1=C(C=C2N(CCO)c3ccccc3C2(C)C)C(=O)C1=Cc1oc2ccccc2[n+]1CCO. The van der Waals surface area contributed by atoms with Crippen LogP contribution < -0.4 is 48.8 Å². The van der Waals surface area contributed by atoms with E-state index < -0.39 is 20.7 Å². The standard InChI is InChI=1S/C38H38BN3O5S.C37H36AsN3O3S3.C34H43N2O5SSi/c1-5-41-30-13-8-7-12-29(30)38(3,4)33(41)22-27-36(44)28(23-35-42(6-2)31-14-9-10-15-32(31)47-35)37(27)48-24-34(43)40-26-18-16-25(17-19-26)39-45-20-11-21-46-39;1-5-40-29-12-8-7-11-28(29)37(3,4)32(40)21-26-35(43)27(22-34-41(6-2)30-13-9-10-14-31(30)44-34)36(26)45-23-33(42)39-25-17-15-24(16-18-25)38-46-19-20-47-38;1-6-40-43(4,5)21-11-20-42-33-24(22-30-34(2,3)26-12-7-8-13-27(26)35(30)16-18-37)32(39)25(33)23-31-36(17-19-38)28-14-9-10-15-29(28)41-31/h7-10,12-19,22-23H,5-6,11,20-21,24H2,1-4H3;7-18,21-22H,5-6,19-20,23H2,1-4H3;7-10,12-15,22-23,37-38H,6,11,16-21H2,1-5H3/q;;+1/p+2. The Labute approximate surface area is 833 Å². The summed E-state index contributed by atoms with van der Waals surface area (Å²) in [7, 11) is 2.14. The van der Waals surface area contributed by atoms with Crippen LogP contribution in [-0.2, 0) is 73.6 Å². The number of benzene rings is 8. The Bertz CT molecular complexity index is 6850. The minimum atomic E-state index is -1.71. The number of β-amino-alcohol motifs (C(OH)–C–C–N with tert-alkyl or cyclic N) is 1. The predicted octanol–water partition coefficient (Wildman–Crippen LogP) is 19.3. The van der Waals surface area contributed by atoms with Gasteiger partial charge in [-0.1, -0.05) is 145 Å². The van der Waals surface area contributed by atoms with E-state index >= 15 is 0 Å². The summed E-state index contributed by atoms with van der Waals surface area (Å²) >= 11 is 3.45. The molecule has 0 radical (unpaired) electrons. The molecule has 0 spiro atoms. The number of carbonyl (C=O) groups is 5. The van der Waals surface area contributed by atoms with E-state index in [9.17, 15) is 34.2 Å². The van der Waals surface area contributed by atoms with Gasteiger partial charge in [-0.3, -0.25) is 14.4 Å². The first-order valence-electron chi connectivity index (χ1n) is 47.6. The maximum atomic E-state index is 14.0. The zero-order chi connectivity index (χ0) is 96.9. The number of nitrogens with one attached hydrogen (secondary N) is 2. The predicted molar refractivity (Wildman–Crippen MR) is 569 cm³/mol. The van der Waals surface area contributed by atoms with Crippen molar-refractivity contribution in [3.8, 4) is 0 Å². The van der Waals surface area contributed by atoms with Crippen LogP contribution in [0.15, 0.2) is 291 Å². The van der Waals surface area contributed by atoms with E-state index in [1.54, 1.807) is 11.8 Å². The van der Waals surface area contributed by atoms with Crippen LogP contribution in [0.2, 0.25) is 19.1 Å². The van der Waals surface area contributed by atoms with Crippen molar-refractivity contribution in [3.05, 3.63) is 312 Å². The summed E-state index contributed by atoms with van der Waals surface area (Å²) in [5.41, 5.74) is 20.5. The van der Waals surface area contributed by atoms with Crippen molar-refractivity contribution in [2.24, 2.45) is 0 Å². The minimum absolute atomic E-state index is 0.0118. The van der Waals surface area contributed by atoms with Gasteiger partial charge in [-0.05, 0) is 155 Å². The van der Waals surface area contributed by atoms with Gasteiger partial charge < -0.3 is 57.2 Å². The molecule has 0 unspecified atom stereocenters. The molecule has 29 heteroatoms. The molecule has 8 aromatic carbocycles. The Hall–Kier alpha value is -10.4. The average molecular weight is 2020 g/mol. The first-order valence-corrected chi connectivity index (χ1v) is 61.1. The number of fused-ring (bicyclic) bond motifs is 6. The van der Waals surface area contributed by atoms with Crippen molar-refractivity contribution in [1.29, 1.82) is 0 Å². The first kappa shape index (κ1) is 99.1. The Balaban J connectivity index is 0.000000143. The Kier molecular flexibility index (Phi) is 30.9. The van der Waals surface area contributed by atoms with Crippen LogP contribution in [0.25, 0.3) is 51.5 Å². The van der Waals surface area contributed by atoms with Gasteiger partial charge in [0.2, 0.25) is 22.7 Å². The molecule has 712 valence electrons. The molecule has 11 aromatic rings. The van der Waals surface area contributed by atoms with Crippen LogP contribution in [0.1, 0.15) is 123 Å². The molecule has 3 aliphatic carbocycles. The molecule has 2 fully saturated rings. The summed E-state index contributed by atoms with van der Waals surface area (Å²) in [6.45, 7) is 33.9. The summed E-state index contributed by atoms with van der Waals surface area (Å²) in [6, 6.07) is 65.6. The number of hydrogen-bond acceptors (Lipinski definition) is 21. The quantitative estimate of drug-likeness (QED) is 0.0137. The topological polar surface area (TPSA) is 238 Å². The Morgan fingerprint density at radius 3 is 1.29 bits per heavy atom. The molecule has 0 bridgehead atoms. The van der Waals surface area contributed by atoms with E-state index in [1.165, 1.54) is 61.8 Å². The minimum Gasteiger partial charge on any atom is -0.418 e. The molecule has 0 saturated carbocycles. The first-order chi connectivity index (χ1) is 66.7. The van der Waals surface area contributed by atoms with Gasteiger partial charge in [-0.15, -0.1) is 23.5 Å². The van der Waals surface area contributed by atoms with Gasteiger partial charge >= 0.3 is 181 Å². The summed E-state index contributed by atoms with van der Waals surface area (Å²) in [5.74, 6) is 5.08. The molecule has 8 heterocycles. The number of oxazole rings is 3. The van der Waals surface area contributed by atoms with Crippen LogP contribution in [0, 0.1) is 0 Å². The fraction of sp³-hybridized carbons (Fsp3) is 0.321. The van der Waals surface area contributed by atoms with Crippen molar-refractivity contribution in [2.45, 2.75) is 144 Å². The second kappa shape index (κ2) is 42.9. The smallest absolute Gasteiger partial charge is 0.418 e. The number of Topliss-reactive ketones (excluding diaryl/α,β-unsaturated/α-hetero) is 3. The Morgan fingerprint density at radius 1 is 0.493 bits per heavy atom. The average Bonchev–Trinajstić information content (AvgIpc) is 1.58. The molecular formula is C109H119AsBN8O13S5Si+3. The van der Waals surface area contributed by atoms with Gasteiger partial charge in [0.25, 0.3) is 16.6 Å². The van der Waals surface area contributed by atoms with E-state index in [1.807, 2.05) is 156 Å². The molecule has 138 heavy (non-hydrogen) atoms. The molecule has 2 amide bonds. The molecule has 0 atom stereocenters. The summed E-state index contributed by atoms with van der Waals surface area (Å²) in [5, 5.41) is 25.8. The van der Waals surface area contributed by atoms with Gasteiger partial charge in [-0.25, -0.2) is 0 Å². The zero-order valence-corrected chi connectivity index (χ0v) is 87.5. The van der Waals surface area contributed by atoms with Crippen molar-refractivity contribution in [3.63, 3.8) is 0 Å².